The molecule has 4 rings (SSSR count). The molecule has 10 heteroatoms. The smallest absolute Gasteiger partial charge is 0.330 e. The minimum Gasteiger partial charge on any atom is -0.330 e. The van der Waals surface area contributed by atoms with Gasteiger partial charge in [0.05, 0.1) is 16.6 Å². The number of hydrogen-bond acceptors (Lipinski definition) is 4. The highest BCUT2D eigenvalue weighted by molar-refractivity contribution is 5.56. The van der Waals surface area contributed by atoms with Crippen LogP contribution in [0.5, 0.6) is 0 Å². The van der Waals surface area contributed by atoms with E-state index in [0.717, 1.165) is 12.8 Å². The van der Waals surface area contributed by atoms with Crippen LogP contribution in [0.4, 0.5) is 17.6 Å². The molecule has 1 aromatic rings. The normalized spacial score (nSPS) is 30.3. The fraction of sp³-hybridized carbons (Fsp3) is 0.684. The summed E-state index contributed by atoms with van der Waals surface area (Å²) >= 11 is 0. The van der Waals surface area contributed by atoms with Gasteiger partial charge in [-0.1, -0.05) is 0 Å². The number of aromatic amines is 1. The lowest BCUT2D eigenvalue weighted by molar-refractivity contribution is -0.145. The van der Waals surface area contributed by atoms with Gasteiger partial charge in [-0.25, -0.2) is 9.18 Å². The summed E-state index contributed by atoms with van der Waals surface area (Å²) in [5, 5.41) is 0.530. The summed E-state index contributed by atoms with van der Waals surface area (Å²) in [6, 6.07) is -0.859. The molecule has 4 unspecified atom stereocenters. The van der Waals surface area contributed by atoms with Crippen molar-refractivity contribution in [2.24, 2.45) is 17.6 Å². The molecule has 0 amide bonds. The van der Waals surface area contributed by atoms with E-state index >= 15 is 4.39 Å². The Bertz CT molecular complexity index is 1040. The Kier molecular flexibility index (Phi) is 4.97. The van der Waals surface area contributed by atoms with E-state index in [1.54, 1.807) is 11.8 Å². The van der Waals surface area contributed by atoms with Crippen molar-refractivity contribution in [3.63, 3.8) is 0 Å². The molecule has 1 saturated carbocycles. The number of rotatable bonds is 4. The zero-order chi connectivity index (χ0) is 21.1. The standard InChI is InChI=1S/C19H24F4N4O2/c1-9-15-13(17(28)25-18(29)27(15)12-2-3-12)4-14(20)16(9)26-7-10(5-19(21,22)23)11(6-24)8-26/h4,10-12,14,16H,2-3,5-8,24H2,1H3,(H,25,28,29). The Balaban J connectivity index is 1.78. The summed E-state index contributed by atoms with van der Waals surface area (Å²) < 4.78 is 55.5. The van der Waals surface area contributed by atoms with Gasteiger partial charge >= 0.3 is 11.9 Å². The third-order valence-electron chi connectivity index (χ3n) is 6.33. The topological polar surface area (TPSA) is 84.1 Å². The molecule has 6 nitrogen and oxygen atoms in total. The first-order valence-corrected chi connectivity index (χ1v) is 9.83. The fourth-order valence-electron chi connectivity index (χ4n) is 4.90. The summed E-state index contributed by atoms with van der Waals surface area (Å²) in [5.74, 6) is -1.09. The first kappa shape index (κ1) is 20.3. The van der Waals surface area contributed by atoms with Crippen LogP contribution in [0.3, 0.4) is 0 Å². The Morgan fingerprint density at radius 1 is 1.21 bits per heavy atom. The quantitative estimate of drug-likeness (QED) is 0.677. The Hall–Kier alpha value is -1.94. The monoisotopic (exact) mass is 416 g/mol. The molecule has 3 aliphatic rings. The SMILES string of the molecule is CC1=c2c(c(=O)[nH]c(=O)n2C2CC2)=CC(F)C1N1CC(CN)C(CC(F)(F)F)C1. The highest BCUT2D eigenvalue weighted by Gasteiger charge is 2.44. The second kappa shape index (κ2) is 7.09. The molecule has 2 heterocycles. The number of nitrogens with one attached hydrogen (secondary N) is 1. The number of likely N-dealkylation sites (tertiary alicyclic amines) is 1. The molecule has 29 heavy (non-hydrogen) atoms. The van der Waals surface area contributed by atoms with Gasteiger partial charge in [0.2, 0.25) is 0 Å². The first-order chi connectivity index (χ1) is 13.6. The number of nitrogens with two attached hydrogens (primary N) is 1. The lowest BCUT2D eigenvalue weighted by atomic mass is 9.93. The number of alkyl halides is 4. The van der Waals surface area contributed by atoms with E-state index in [2.05, 4.69) is 4.98 Å². The largest absolute Gasteiger partial charge is 0.389 e. The zero-order valence-corrected chi connectivity index (χ0v) is 16.0. The van der Waals surface area contributed by atoms with Crippen LogP contribution in [0.1, 0.15) is 32.2 Å². The summed E-state index contributed by atoms with van der Waals surface area (Å²) in [5.41, 5.74) is 5.04. The minimum absolute atomic E-state index is 0.0402. The summed E-state index contributed by atoms with van der Waals surface area (Å²) in [6.07, 6.45) is -4.05. The van der Waals surface area contributed by atoms with E-state index in [0.29, 0.717) is 10.9 Å². The van der Waals surface area contributed by atoms with Crippen molar-refractivity contribution in [1.29, 1.82) is 0 Å². The molecule has 1 aliphatic heterocycles. The molecule has 2 aliphatic carbocycles. The van der Waals surface area contributed by atoms with Gasteiger partial charge in [-0.15, -0.1) is 0 Å². The predicted octanol–water partition coefficient (Wildman–Crippen LogP) is 0.00200. The molecule has 0 aromatic carbocycles. The second-order valence-corrected chi connectivity index (χ2v) is 8.39. The maximum Gasteiger partial charge on any atom is 0.389 e. The van der Waals surface area contributed by atoms with Crippen LogP contribution >= 0.6 is 0 Å². The molecule has 3 N–H and O–H groups in total. The Morgan fingerprint density at radius 3 is 2.45 bits per heavy atom. The minimum atomic E-state index is -4.31. The third kappa shape index (κ3) is 3.68. The van der Waals surface area contributed by atoms with Crippen LogP contribution in [0.15, 0.2) is 9.59 Å². The second-order valence-electron chi connectivity index (χ2n) is 8.39. The average Bonchev–Trinajstić information content (AvgIpc) is 3.36. The first-order valence-electron chi connectivity index (χ1n) is 9.83. The van der Waals surface area contributed by atoms with Crippen LogP contribution in [-0.2, 0) is 0 Å². The van der Waals surface area contributed by atoms with Gasteiger partial charge in [-0.05, 0) is 49.8 Å². The molecular formula is C19H24F4N4O2. The summed E-state index contributed by atoms with van der Waals surface area (Å²) in [6.45, 7) is 2.08. The summed E-state index contributed by atoms with van der Waals surface area (Å²) in [7, 11) is 0. The number of H-pyrrole nitrogens is 1. The van der Waals surface area contributed by atoms with Gasteiger partial charge in [-0.3, -0.25) is 19.2 Å². The van der Waals surface area contributed by atoms with E-state index in [-0.39, 0.29) is 36.8 Å². The zero-order valence-electron chi connectivity index (χ0n) is 16.0. The van der Waals surface area contributed by atoms with Crippen LogP contribution in [-0.4, -0.2) is 52.5 Å². The summed E-state index contributed by atoms with van der Waals surface area (Å²) in [4.78, 5) is 28.6. The van der Waals surface area contributed by atoms with E-state index in [9.17, 15) is 22.8 Å². The molecule has 1 saturated heterocycles. The van der Waals surface area contributed by atoms with E-state index < -0.39 is 42.0 Å². The molecule has 1 aromatic heterocycles. The molecule has 0 bridgehead atoms. The van der Waals surface area contributed by atoms with E-state index in [1.807, 2.05) is 0 Å². The number of halogens is 4. The Morgan fingerprint density at radius 2 is 1.86 bits per heavy atom. The molecule has 2 fully saturated rings. The molecular weight excluding hydrogens is 392 g/mol. The van der Waals surface area contributed by atoms with Crippen LogP contribution in [0.2, 0.25) is 0 Å². The van der Waals surface area contributed by atoms with Gasteiger partial charge in [0.25, 0.3) is 5.56 Å². The highest BCUT2D eigenvalue weighted by atomic mass is 19.4. The maximum atomic E-state index is 15.1. The molecule has 0 radical (unpaired) electrons. The highest BCUT2D eigenvalue weighted by Crippen LogP contribution is 2.37. The van der Waals surface area contributed by atoms with Crippen molar-refractivity contribution >= 4 is 11.6 Å². The molecule has 0 spiro atoms. The number of nitrogens with zero attached hydrogens (tertiary/aromatic N) is 2. The average molecular weight is 416 g/mol. The van der Waals surface area contributed by atoms with Gasteiger partial charge in [0.15, 0.2) is 0 Å². The lowest BCUT2D eigenvalue weighted by Crippen LogP contribution is -2.60. The van der Waals surface area contributed by atoms with Crippen LogP contribution < -0.4 is 27.6 Å². The van der Waals surface area contributed by atoms with E-state index in [1.165, 1.54) is 10.6 Å². The van der Waals surface area contributed by atoms with Crippen molar-refractivity contribution in [1.82, 2.24) is 14.5 Å². The molecule has 160 valence electrons. The maximum absolute atomic E-state index is 15.1. The van der Waals surface area contributed by atoms with Crippen molar-refractivity contribution in [2.75, 3.05) is 19.6 Å². The lowest BCUT2D eigenvalue weighted by Gasteiger charge is -2.32. The van der Waals surface area contributed by atoms with Gasteiger partial charge in [-0.2, -0.15) is 13.2 Å². The van der Waals surface area contributed by atoms with Crippen LogP contribution in [0, 0.1) is 11.8 Å². The van der Waals surface area contributed by atoms with Crippen molar-refractivity contribution in [3.05, 3.63) is 31.4 Å². The van der Waals surface area contributed by atoms with Crippen molar-refractivity contribution in [3.8, 4) is 0 Å². The predicted molar refractivity (Wildman–Crippen MR) is 99.4 cm³/mol. The van der Waals surface area contributed by atoms with Crippen LogP contribution in [0.25, 0.3) is 11.6 Å². The van der Waals surface area contributed by atoms with E-state index in [4.69, 9.17) is 5.73 Å². The van der Waals surface area contributed by atoms with Crippen molar-refractivity contribution in [2.45, 2.75) is 50.6 Å². The van der Waals surface area contributed by atoms with Gasteiger partial charge in [0, 0.05) is 25.6 Å². The number of aromatic nitrogens is 2. The number of fused-ring (bicyclic) bond motifs is 1. The van der Waals surface area contributed by atoms with Crippen molar-refractivity contribution < 1.29 is 17.6 Å². The third-order valence-corrected chi connectivity index (χ3v) is 6.33. The molecule has 4 atom stereocenters. The van der Waals surface area contributed by atoms with Gasteiger partial charge in [0.1, 0.15) is 6.17 Å². The Labute approximate surface area is 163 Å². The fourth-order valence-corrected chi connectivity index (χ4v) is 4.90. The van der Waals surface area contributed by atoms with Gasteiger partial charge < -0.3 is 5.73 Å². The number of hydrogen-bond donors (Lipinski definition) is 2.